The lowest BCUT2D eigenvalue weighted by molar-refractivity contribution is 0.358. The van der Waals surface area contributed by atoms with Crippen molar-refractivity contribution in [3.8, 4) is 0 Å². The molecule has 0 amide bonds. The minimum atomic E-state index is 0.722. The van der Waals surface area contributed by atoms with Crippen molar-refractivity contribution in [2.75, 3.05) is 6.54 Å². The third-order valence-corrected chi connectivity index (χ3v) is 4.54. The second-order valence-corrected chi connectivity index (χ2v) is 5.85. The van der Waals surface area contributed by atoms with Gasteiger partial charge in [0.15, 0.2) is 0 Å². The van der Waals surface area contributed by atoms with Crippen LogP contribution in [0.2, 0.25) is 0 Å². The van der Waals surface area contributed by atoms with E-state index in [1.54, 1.807) is 0 Å². The summed E-state index contributed by atoms with van der Waals surface area (Å²) >= 11 is 0. The predicted octanol–water partition coefficient (Wildman–Crippen LogP) is 3.12. The Bertz CT molecular complexity index is 400. The Morgan fingerprint density at radius 2 is 1.83 bits per heavy atom. The van der Waals surface area contributed by atoms with Crippen molar-refractivity contribution < 1.29 is 0 Å². The van der Waals surface area contributed by atoms with Crippen molar-refractivity contribution in [1.29, 1.82) is 0 Å². The van der Waals surface area contributed by atoms with Crippen LogP contribution in [0.1, 0.15) is 68.2 Å². The molecule has 0 radical (unpaired) electrons. The van der Waals surface area contributed by atoms with Gasteiger partial charge in [0.25, 0.3) is 0 Å². The summed E-state index contributed by atoms with van der Waals surface area (Å²) in [6.07, 6.45) is 11.0. The molecule has 0 unspecified atom stereocenters. The SMILES string of the molecule is Cc1nc2c(n1C1CCCCCCC1)CCNC2. The number of hydrogen-bond donors (Lipinski definition) is 1. The number of aryl methyl sites for hydroxylation is 1. The number of rotatable bonds is 1. The van der Waals surface area contributed by atoms with Gasteiger partial charge in [-0.05, 0) is 19.8 Å². The number of fused-ring (bicyclic) bond motifs is 1. The first-order valence-electron chi connectivity index (χ1n) is 7.63. The number of imidazole rings is 1. The van der Waals surface area contributed by atoms with Crippen LogP contribution in [0.25, 0.3) is 0 Å². The Hall–Kier alpha value is -0.830. The van der Waals surface area contributed by atoms with Gasteiger partial charge in [0.05, 0.1) is 5.69 Å². The quantitative estimate of drug-likeness (QED) is 0.826. The molecule has 1 aliphatic carbocycles. The highest BCUT2D eigenvalue weighted by Gasteiger charge is 2.23. The topological polar surface area (TPSA) is 29.9 Å². The molecule has 0 aromatic carbocycles. The maximum Gasteiger partial charge on any atom is 0.106 e. The molecule has 3 rings (SSSR count). The summed E-state index contributed by atoms with van der Waals surface area (Å²) < 4.78 is 2.58. The first kappa shape index (κ1) is 12.2. The smallest absolute Gasteiger partial charge is 0.106 e. The van der Waals surface area contributed by atoms with Gasteiger partial charge in [-0.25, -0.2) is 4.98 Å². The van der Waals surface area contributed by atoms with E-state index in [-0.39, 0.29) is 0 Å². The fraction of sp³-hybridized carbons (Fsp3) is 0.800. The zero-order chi connectivity index (χ0) is 12.4. The van der Waals surface area contributed by atoms with Crippen LogP contribution in [0.15, 0.2) is 0 Å². The fourth-order valence-corrected chi connectivity index (χ4v) is 3.65. The van der Waals surface area contributed by atoms with Gasteiger partial charge in [0.1, 0.15) is 5.82 Å². The van der Waals surface area contributed by atoms with E-state index in [2.05, 4.69) is 16.8 Å². The highest BCUT2D eigenvalue weighted by Crippen LogP contribution is 2.30. The van der Waals surface area contributed by atoms with Gasteiger partial charge in [-0.3, -0.25) is 0 Å². The summed E-state index contributed by atoms with van der Waals surface area (Å²) in [4.78, 5) is 4.78. The second kappa shape index (κ2) is 5.43. The summed E-state index contributed by atoms with van der Waals surface area (Å²) in [5, 5.41) is 3.43. The largest absolute Gasteiger partial charge is 0.329 e. The normalized spacial score (nSPS) is 22.3. The van der Waals surface area contributed by atoms with Crippen molar-refractivity contribution in [2.45, 2.75) is 70.9 Å². The monoisotopic (exact) mass is 247 g/mol. The van der Waals surface area contributed by atoms with Crippen LogP contribution < -0.4 is 5.32 Å². The van der Waals surface area contributed by atoms with Gasteiger partial charge in [-0.1, -0.05) is 32.1 Å². The van der Waals surface area contributed by atoms with Crippen molar-refractivity contribution in [2.24, 2.45) is 0 Å². The molecular formula is C15H25N3. The second-order valence-electron chi connectivity index (χ2n) is 5.85. The highest BCUT2D eigenvalue weighted by molar-refractivity contribution is 5.20. The van der Waals surface area contributed by atoms with Crippen LogP contribution in [0.4, 0.5) is 0 Å². The average molecular weight is 247 g/mol. The molecule has 1 fully saturated rings. The minimum absolute atomic E-state index is 0.722. The molecule has 0 saturated heterocycles. The number of aromatic nitrogens is 2. The summed E-state index contributed by atoms with van der Waals surface area (Å²) in [7, 11) is 0. The maximum absolute atomic E-state index is 4.78. The third kappa shape index (κ3) is 2.33. The van der Waals surface area contributed by atoms with Crippen molar-refractivity contribution in [3.63, 3.8) is 0 Å². The number of hydrogen-bond acceptors (Lipinski definition) is 2. The van der Waals surface area contributed by atoms with E-state index in [9.17, 15) is 0 Å². The van der Waals surface area contributed by atoms with Gasteiger partial charge < -0.3 is 9.88 Å². The lowest BCUT2D eigenvalue weighted by atomic mass is 9.96. The van der Waals surface area contributed by atoms with E-state index in [1.165, 1.54) is 62.2 Å². The van der Waals surface area contributed by atoms with Gasteiger partial charge in [0.2, 0.25) is 0 Å². The zero-order valence-corrected chi connectivity index (χ0v) is 11.5. The van der Waals surface area contributed by atoms with Gasteiger partial charge in [-0.15, -0.1) is 0 Å². The van der Waals surface area contributed by atoms with Gasteiger partial charge >= 0.3 is 0 Å². The molecule has 2 aliphatic rings. The highest BCUT2D eigenvalue weighted by atomic mass is 15.1. The predicted molar refractivity (Wildman–Crippen MR) is 73.7 cm³/mol. The van der Waals surface area contributed by atoms with E-state index in [0.29, 0.717) is 0 Å². The standard InChI is InChI=1S/C15H25N3/c1-12-17-14-11-16-10-9-15(14)18(12)13-7-5-3-2-4-6-8-13/h13,16H,2-11H2,1H3. The van der Waals surface area contributed by atoms with E-state index >= 15 is 0 Å². The molecule has 0 bridgehead atoms. The Morgan fingerprint density at radius 3 is 2.61 bits per heavy atom. The summed E-state index contributed by atoms with van der Waals surface area (Å²) in [6.45, 7) is 4.28. The minimum Gasteiger partial charge on any atom is -0.329 e. The molecule has 1 aliphatic heterocycles. The third-order valence-electron chi connectivity index (χ3n) is 4.54. The molecular weight excluding hydrogens is 222 g/mol. The first-order valence-corrected chi connectivity index (χ1v) is 7.63. The van der Waals surface area contributed by atoms with E-state index in [4.69, 9.17) is 4.98 Å². The lowest BCUT2D eigenvalue weighted by Gasteiger charge is -2.26. The van der Waals surface area contributed by atoms with Gasteiger partial charge in [0, 0.05) is 31.2 Å². The summed E-state index contributed by atoms with van der Waals surface area (Å²) in [6, 6.07) is 0.722. The van der Waals surface area contributed by atoms with Crippen molar-refractivity contribution >= 4 is 0 Å². The van der Waals surface area contributed by atoms with E-state index < -0.39 is 0 Å². The lowest BCUT2D eigenvalue weighted by Crippen LogP contribution is -2.26. The molecule has 3 nitrogen and oxygen atoms in total. The van der Waals surface area contributed by atoms with Crippen molar-refractivity contribution in [1.82, 2.24) is 14.9 Å². The molecule has 3 heteroatoms. The van der Waals surface area contributed by atoms with Crippen LogP contribution in [0.3, 0.4) is 0 Å². The van der Waals surface area contributed by atoms with Crippen LogP contribution in [-0.2, 0) is 13.0 Å². The van der Waals surface area contributed by atoms with Crippen LogP contribution in [0, 0.1) is 6.92 Å². The molecule has 1 aromatic heterocycles. The Balaban J connectivity index is 1.87. The maximum atomic E-state index is 4.78. The summed E-state index contributed by atoms with van der Waals surface area (Å²) in [5.74, 6) is 1.24. The molecule has 18 heavy (non-hydrogen) atoms. The van der Waals surface area contributed by atoms with Crippen LogP contribution in [-0.4, -0.2) is 16.1 Å². The molecule has 1 saturated carbocycles. The van der Waals surface area contributed by atoms with Gasteiger partial charge in [-0.2, -0.15) is 0 Å². The fourth-order valence-electron chi connectivity index (χ4n) is 3.65. The number of nitrogens with zero attached hydrogens (tertiary/aromatic N) is 2. The Kier molecular flexibility index (Phi) is 3.69. The first-order chi connectivity index (χ1) is 8.86. The Morgan fingerprint density at radius 1 is 1.11 bits per heavy atom. The molecule has 1 N–H and O–H groups in total. The molecule has 100 valence electrons. The molecule has 0 atom stereocenters. The zero-order valence-electron chi connectivity index (χ0n) is 11.5. The van der Waals surface area contributed by atoms with Crippen molar-refractivity contribution in [3.05, 3.63) is 17.2 Å². The van der Waals surface area contributed by atoms with E-state index in [1.807, 2.05) is 0 Å². The summed E-state index contributed by atoms with van der Waals surface area (Å²) in [5.41, 5.74) is 2.83. The average Bonchev–Trinajstić information content (AvgIpc) is 2.65. The van der Waals surface area contributed by atoms with Crippen LogP contribution >= 0.6 is 0 Å². The van der Waals surface area contributed by atoms with E-state index in [0.717, 1.165) is 25.6 Å². The Labute approximate surface area is 110 Å². The molecule has 0 spiro atoms. The molecule has 1 aromatic rings. The molecule has 2 heterocycles. The number of nitrogens with one attached hydrogen (secondary N) is 1. The van der Waals surface area contributed by atoms with Crippen LogP contribution in [0.5, 0.6) is 0 Å².